The summed E-state index contributed by atoms with van der Waals surface area (Å²) >= 11 is 1.51. The first-order valence-electron chi connectivity index (χ1n) is 9.42. The van der Waals surface area contributed by atoms with Gasteiger partial charge in [-0.1, -0.05) is 6.07 Å². The first-order chi connectivity index (χ1) is 14.4. The lowest BCUT2D eigenvalue weighted by Crippen LogP contribution is -2.28. The highest BCUT2D eigenvalue weighted by Crippen LogP contribution is 2.32. The van der Waals surface area contributed by atoms with Gasteiger partial charge in [-0.15, -0.1) is 11.3 Å². The minimum absolute atomic E-state index is 0.0274. The minimum atomic E-state index is -3.08. The molecule has 4 rings (SSSR count). The van der Waals surface area contributed by atoms with Gasteiger partial charge in [-0.2, -0.15) is 5.10 Å². The zero-order valence-corrected chi connectivity index (χ0v) is 17.6. The number of carbonyl (C=O) groups is 1. The van der Waals surface area contributed by atoms with E-state index in [0.717, 1.165) is 10.6 Å². The third-order valence-electron chi connectivity index (χ3n) is 4.77. The number of nitrogens with one attached hydrogen (secondary N) is 1. The zero-order valence-electron chi connectivity index (χ0n) is 16.0. The molecule has 2 aromatic heterocycles. The van der Waals surface area contributed by atoms with E-state index >= 15 is 0 Å². The highest BCUT2D eigenvalue weighted by Gasteiger charge is 2.32. The maximum absolute atomic E-state index is 12.9. The molecule has 1 atom stereocenters. The van der Waals surface area contributed by atoms with Crippen LogP contribution in [0, 0.1) is 5.82 Å². The van der Waals surface area contributed by atoms with Crippen LogP contribution in [0.15, 0.2) is 47.8 Å². The largest absolute Gasteiger partial charge is 0.492 e. The summed E-state index contributed by atoms with van der Waals surface area (Å²) < 4.78 is 43.9. The molecule has 7 nitrogen and oxygen atoms in total. The van der Waals surface area contributed by atoms with Crippen LogP contribution in [0.3, 0.4) is 0 Å². The molecule has 0 bridgehead atoms. The molecule has 0 radical (unpaired) electrons. The predicted octanol–water partition coefficient (Wildman–Crippen LogP) is 2.92. The van der Waals surface area contributed by atoms with Gasteiger partial charge in [-0.05, 0) is 48.2 Å². The number of ether oxygens (including phenoxy) is 1. The molecule has 1 amide bonds. The minimum Gasteiger partial charge on any atom is -0.492 e. The molecule has 1 aliphatic heterocycles. The molecule has 1 fully saturated rings. The van der Waals surface area contributed by atoms with Gasteiger partial charge < -0.3 is 10.1 Å². The van der Waals surface area contributed by atoms with E-state index in [9.17, 15) is 17.6 Å². The Morgan fingerprint density at radius 2 is 2.10 bits per heavy atom. The summed E-state index contributed by atoms with van der Waals surface area (Å²) in [5, 5.41) is 9.09. The summed E-state index contributed by atoms with van der Waals surface area (Å²) in [7, 11) is -3.08. The monoisotopic (exact) mass is 449 g/mol. The lowest BCUT2D eigenvalue weighted by molar-refractivity contribution is 0.0941. The Hall–Kier alpha value is -2.72. The number of nitrogens with zero attached hydrogens (tertiary/aromatic N) is 2. The summed E-state index contributed by atoms with van der Waals surface area (Å²) in [4.78, 5) is 13.5. The Labute approximate surface area is 177 Å². The highest BCUT2D eigenvalue weighted by atomic mass is 32.2. The average molecular weight is 450 g/mol. The maximum Gasteiger partial charge on any atom is 0.271 e. The molecule has 0 aliphatic carbocycles. The summed E-state index contributed by atoms with van der Waals surface area (Å²) in [5.74, 6) is -0.0427. The zero-order chi connectivity index (χ0) is 21.1. The molecule has 1 aliphatic rings. The number of halogens is 1. The molecule has 0 spiro atoms. The third kappa shape index (κ3) is 4.71. The van der Waals surface area contributed by atoms with Gasteiger partial charge in [0.15, 0.2) is 15.5 Å². The van der Waals surface area contributed by atoms with Crippen LogP contribution in [0.5, 0.6) is 5.75 Å². The van der Waals surface area contributed by atoms with Crippen LogP contribution in [0.4, 0.5) is 4.39 Å². The fourth-order valence-electron chi connectivity index (χ4n) is 3.32. The van der Waals surface area contributed by atoms with E-state index in [1.165, 1.54) is 35.6 Å². The van der Waals surface area contributed by atoms with E-state index < -0.39 is 9.84 Å². The van der Waals surface area contributed by atoms with Crippen molar-refractivity contribution in [3.8, 4) is 16.3 Å². The summed E-state index contributed by atoms with van der Waals surface area (Å²) in [6, 6.07) is 10.9. The molecule has 1 unspecified atom stereocenters. The van der Waals surface area contributed by atoms with E-state index in [4.69, 9.17) is 4.74 Å². The van der Waals surface area contributed by atoms with Crippen LogP contribution in [-0.4, -0.2) is 48.8 Å². The summed E-state index contributed by atoms with van der Waals surface area (Å²) in [6.07, 6.45) is 0.481. The number of hydrogen-bond donors (Lipinski definition) is 1. The van der Waals surface area contributed by atoms with Crippen molar-refractivity contribution in [1.82, 2.24) is 15.1 Å². The second kappa shape index (κ2) is 8.57. The van der Waals surface area contributed by atoms with Crippen molar-refractivity contribution in [2.75, 3.05) is 24.7 Å². The van der Waals surface area contributed by atoms with Gasteiger partial charge in [0.25, 0.3) is 5.91 Å². The second-order valence-corrected chi connectivity index (χ2v) is 10.1. The van der Waals surface area contributed by atoms with Crippen LogP contribution >= 0.6 is 11.3 Å². The van der Waals surface area contributed by atoms with Crippen LogP contribution in [0.1, 0.15) is 23.0 Å². The molecule has 3 heterocycles. The molecular weight excluding hydrogens is 429 g/mol. The normalized spacial score (nSPS) is 17.7. The summed E-state index contributed by atoms with van der Waals surface area (Å²) in [6.45, 7) is 0.464. The van der Waals surface area contributed by atoms with Crippen LogP contribution in [0.2, 0.25) is 0 Å². The van der Waals surface area contributed by atoms with Crippen molar-refractivity contribution < 1.29 is 22.3 Å². The molecule has 0 saturated carbocycles. The van der Waals surface area contributed by atoms with Crippen LogP contribution in [-0.2, 0) is 9.84 Å². The van der Waals surface area contributed by atoms with E-state index in [1.807, 2.05) is 17.5 Å². The molecule has 10 heteroatoms. The van der Waals surface area contributed by atoms with Crippen LogP contribution < -0.4 is 10.1 Å². The Morgan fingerprint density at radius 1 is 1.30 bits per heavy atom. The second-order valence-electron chi connectivity index (χ2n) is 6.95. The molecule has 158 valence electrons. The molecular formula is C20H20FN3O4S2. The third-order valence-corrected chi connectivity index (χ3v) is 7.41. The van der Waals surface area contributed by atoms with E-state index in [-0.39, 0.29) is 48.1 Å². The quantitative estimate of drug-likeness (QED) is 0.560. The van der Waals surface area contributed by atoms with Crippen molar-refractivity contribution in [1.29, 1.82) is 0 Å². The van der Waals surface area contributed by atoms with Gasteiger partial charge in [0.05, 0.1) is 34.7 Å². The smallest absolute Gasteiger partial charge is 0.271 e. The van der Waals surface area contributed by atoms with Crippen molar-refractivity contribution in [3.05, 3.63) is 59.4 Å². The van der Waals surface area contributed by atoms with Gasteiger partial charge in [0.2, 0.25) is 0 Å². The average Bonchev–Trinajstić information content (AvgIpc) is 3.45. The van der Waals surface area contributed by atoms with E-state index in [1.54, 1.807) is 10.7 Å². The number of rotatable bonds is 7. The standard InChI is InChI=1S/C20H20FN3O4S2/c21-14-3-5-16(6-4-14)28-9-8-22-20(25)17-12-18(19-2-1-10-29-19)24(23-17)15-7-11-30(26,27)13-15/h1-6,10,12,15H,7-9,11,13H2,(H,22,25). The van der Waals surface area contributed by atoms with Crippen LogP contribution in [0.25, 0.3) is 10.6 Å². The first-order valence-corrected chi connectivity index (χ1v) is 12.1. The predicted molar refractivity (Wildman–Crippen MR) is 112 cm³/mol. The topological polar surface area (TPSA) is 90.3 Å². The number of aromatic nitrogens is 2. The maximum atomic E-state index is 12.9. The fourth-order valence-corrected chi connectivity index (χ4v) is 5.74. The number of benzene rings is 1. The lowest BCUT2D eigenvalue weighted by atomic mass is 10.2. The van der Waals surface area contributed by atoms with Gasteiger partial charge >= 0.3 is 0 Å². The first kappa shape index (κ1) is 20.5. The van der Waals surface area contributed by atoms with Gasteiger partial charge in [0, 0.05) is 0 Å². The number of thiophene rings is 1. The molecule has 1 saturated heterocycles. The highest BCUT2D eigenvalue weighted by molar-refractivity contribution is 7.91. The Balaban J connectivity index is 1.43. The van der Waals surface area contributed by atoms with Crippen molar-refractivity contribution in [3.63, 3.8) is 0 Å². The Kier molecular flexibility index (Phi) is 5.87. The molecule has 1 aromatic carbocycles. The number of amides is 1. The SMILES string of the molecule is O=C(NCCOc1ccc(F)cc1)c1cc(-c2cccs2)n(C2CCS(=O)(=O)C2)n1. The molecule has 3 aromatic rings. The van der Waals surface area contributed by atoms with Crippen molar-refractivity contribution >= 4 is 27.1 Å². The lowest BCUT2D eigenvalue weighted by Gasteiger charge is -2.12. The van der Waals surface area contributed by atoms with Gasteiger partial charge in [-0.25, -0.2) is 12.8 Å². The summed E-state index contributed by atoms with van der Waals surface area (Å²) in [5.41, 5.74) is 0.962. The number of sulfone groups is 1. The molecule has 30 heavy (non-hydrogen) atoms. The van der Waals surface area contributed by atoms with E-state index in [2.05, 4.69) is 10.4 Å². The van der Waals surface area contributed by atoms with Gasteiger partial charge in [-0.3, -0.25) is 9.48 Å². The molecule has 1 N–H and O–H groups in total. The van der Waals surface area contributed by atoms with E-state index in [0.29, 0.717) is 12.2 Å². The Morgan fingerprint density at radius 3 is 2.77 bits per heavy atom. The number of hydrogen-bond acceptors (Lipinski definition) is 6. The Bertz CT molecular complexity index is 1130. The fraction of sp³-hybridized carbons (Fsp3) is 0.300. The van der Waals surface area contributed by atoms with Crippen molar-refractivity contribution in [2.45, 2.75) is 12.5 Å². The van der Waals surface area contributed by atoms with Crippen molar-refractivity contribution in [2.24, 2.45) is 0 Å². The van der Waals surface area contributed by atoms with Gasteiger partial charge in [0.1, 0.15) is 18.2 Å². The number of carbonyl (C=O) groups excluding carboxylic acids is 1.